The largest absolute Gasteiger partial charge is 0.489 e. The number of hydrogen-bond donors (Lipinski definition) is 1. The van der Waals surface area contributed by atoms with Crippen molar-refractivity contribution in [3.05, 3.63) is 77.9 Å². The Bertz CT molecular complexity index is 635. The van der Waals surface area contributed by atoms with Crippen LogP contribution in [0.15, 0.2) is 66.7 Å². The van der Waals surface area contributed by atoms with Crippen LogP contribution < -0.4 is 10.5 Å². The summed E-state index contributed by atoms with van der Waals surface area (Å²) in [5, 5.41) is 0. The lowest BCUT2D eigenvalue weighted by Gasteiger charge is -2.09. The van der Waals surface area contributed by atoms with Gasteiger partial charge >= 0.3 is 5.97 Å². The fourth-order valence-electron chi connectivity index (χ4n) is 2.07. The second-order valence-electron chi connectivity index (χ2n) is 5.17. The molecule has 0 aliphatic carbocycles. The van der Waals surface area contributed by atoms with Gasteiger partial charge in [0.2, 0.25) is 0 Å². The number of rotatable bonds is 7. The lowest BCUT2D eigenvalue weighted by Crippen LogP contribution is -2.20. The van der Waals surface area contributed by atoms with Crippen molar-refractivity contribution in [3.63, 3.8) is 0 Å². The van der Waals surface area contributed by atoms with Crippen LogP contribution >= 0.6 is 0 Å². The second-order valence-corrected chi connectivity index (χ2v) is 5.17. The van der Waals surface area contributed by atoms with Gasteiger partial charge in [-0.3, -0.25) is 0 Å². The minimum Gasteiger partial charge on any atom is -0.489 e. The first-order valence-electron chi connectivity index (χ1n) is 7.45. The van der Waals surface area contributed by atoms with Gasteiger partial charge in [0.25, 0.3) is 0 Å². The molecule has 2 rings (SSSR count). The van der Waals surface area contributed by atoms with Gasteiger partial charge in [0.1, 0.15) is 12.4 Å². The van der Waals surface area contributed by atoms with E-state index in [1.165, 1.54) is 13.2 Å². The number of methoxy groups -OCH3 is 1. The number of ether oxygens (including phenoxy) is 2. The highest BCUT2D eigenvalue weighted by Crippen LogP contribution is 2.15. The standard InChI is InChI=1S/C19H21NO3/c1-22-19(21)12-9-17(20)13-15-7-10-18(11-8-15)23-14-16-5-3-2-4-6-16/h2-12,17H,13-14,20H2,1H3/b12-9+. The molecule has 2 N–H and O–H groups in total. The molecule has 0 amide bonds. The molecular weight excluding hydrogens is 290 g/mol. The Morgan fingerprint density at radius 3 is 2.43 bits per heavy atom. The summed E-state index contributed by atoms with van der Waals surface area (Å²) in [5.74, 6) is 0.418. The minimum absolute atomic E-state index is 0.231. The SMILES string of the molecule is COC(=O)/C=C/C(N)Cc1ccc(OCc2ccccc2)cc1. The van der Waals surface area contributed by atoms with Crippen molar-refractivity contribution in [2.45, 2.75) is 19.1 Å². The molecule has 0 aromatic heterocycles. The van der Waals surface area contributed by atoms with Gasteiger partial charge in [0.15, 0.2) is 0 Å². The summed E-state index contributed by atoms with van der Waals surface area (Å²) in [6, 6.07) is 17.6. The zero-order valence-corrected chi connectivity index (χ0v) is 13.1. The first kappa shape index (κ1) is 16.8. The zero-order chi connectivity index (χ0) is 16.5. The van der Waals surface area contributed by atoms with Crippen LogP contribution in [0.4, 0.5) is 0 Å². The van der Waals surface area contributed by atoms with Crippen LogP contribution in [0.25, 0.3) is 0 Å². The van der Waals surface area contributed by atoms with Gasteiger partial charge in [-0.1, -0.05) is 48.5 Å². The Kier molecular flexibility index (Phi) is 6.39. The van der Waals surface area contributed by atoms with E-state index in [4.69, 9.17) is 10.5 Å². The molecule has 1 atom stereocenters. The Morgan fingerprint density at radius 2 is 1.78 bits per heavy atom. The van der Waals surface area contributed by atoms with E-state index in [1.54, 1.807) is 6.08 Å². The topological polar surface area (TPSA) is 61.5 Å². The summed E-state index contributed by atoms with van der Waals surface area (Å²) in [4.78, 5) is 11.0. The van der Waals surface area contributed by atoms with E-state index >= 15 is 0 Å². The maximum absolute atomic E-state index is 11.0. The molecule has 0 heterocycles. The molecule has 0 aliphatic heterocycles. The molecule has 4 nitrogen and oxygen atoms in total. The van der Waals surface area contributed by atoms with E-state index in [9.17, 15) is 4.79 Å². The smallest absolute Gasteiger partial charge is 0.330 e. The molecule has 0 radical (unpaired) electrons. The highest BCUT2D eigenvalue weighted by Gasteiger charge is 2.03. The quantitative estimate of drug-likeness (QED) is 0.631. The summed E-state index contributed by atoms with van der Waals surface area (Å²) >= 11 is 0. The van der Waals surface area contributed by atoms with Crippen LogP contribution in [0.3, 0.4) is 0 Å². The third-order valence-corrected chi connectivity index (χ3v) is 3.32. The van der Waals surface area contributed by atoms with Gasteiger partial charge in [-0.05, 0) is 29.7 Å². The van der Waals surface area contributed by atoms with Crippen molar-refractivity contribution in [1.82, 2.24) is 0 Å². The minimum atomic E-state index is -0.398. The average molecular weight is 311 g/mol. The number of hydrogen-bond acceptors (Lipinski definition) is 4. The zero-order valence-electron chi connectivity index (χ0n) is 13.1. The lowest BCUT2D eigenvalue weighted by atomic mass is 10.1. The number of esters is 1. The van der Waals surface area contributed by atoms with Crippen molar-refractivity contribution in [3.8, 4) is 5.75 Å². The van der Waals surface area contributed by atoms with Gasteiger partial charge < -0.3 is 15.2 Å². The van der Waals surface area contributed by atoms with Gasteiger partial charge in [-0.25, -0.2) is 4.79 Å². The van der Waals surface area contributed by atoms with Crippen LogP contribution in [-0.4, -0.2) is 19.1 Å². The molecule has 2 aromatic rings. The van der Waals surface area contributed by atoms with E-state index in [0.717, 1.165) is 16.9 Å². The lowest BCUT2D eigenvalue weighted by molar-refractivity contribution is -0.134. The average Bonchev–Trinajstić information content (AvgIpc) is 2.60. The number of nitrogens with two attached hydrogens (primary N) is 1. The molecule has 0 aliphatic rings. The van der Waals surface area contributed by atoms with Crippen molar-refractivity contribution in [2.24, 2.45) is 5.73 Å². The monoisotopic (exact) mass is 311 g/mol. The van der Waals surface area contributed by atoms with E-state index < -0.39 is 5.97 Å². The van der Waals surface area contributed by atoms with E-state index in [-0.39, 0.29) is 6.04 Å². The van der Waals surface area contributed by atoms with Crippen LogP contribution in [0, 0.1) is 0 Å². The van der Waals surface area contributed by atoms with E-state index in [2.05, 4.69) is 4.74 Å². The predicted octanol–water partition coefficient (Wildman–Crippen LogP) is 2.86. The third-order valence-electron chi connectivity index (χ3n) is 3.32. The summed E-state index contributed by atoms with van der Waals surface area (Å²) in [7, 11) is 1.34. The molecule has 0 fully saturated rings. The van der Waals surface area contributed by atoms with Gasteiger partial charge in [-0.15, -0.1) is 0 Å². The maximum atomic E-state index is 11.0. The molecule has 120 valence electrons. The van der Waals surface area contributed by atoms with Crippen molar-refractivity contribution in [1.29, 1.82) is 0 Å². The summed E-state index contributed by atoms with van der Waals surface area (Å²) in [5.41, 5.74) is 8.17. The number of carbonyl (C=O) groups is 1. The third kappa shape index (κ3) is 5.96. The summed E-state index contributed by atoms with van der Waals surface area (Å²) in [6.45, 7) is 0.543. The van der Waals surface area contributed by atoms with Crippen LogP contribution in [0.5, 0.6) is 5.75 Å². The number of carbonyl (C=O) groups excluding carboxylic acids is 1. The van der Waals surface area contributed by atoms with Crippen LogP contribution in [0.1, 0.15) is 11.1 Å². The fraction of sp³-hybridized carbons (Fsp3) is 0.211. The number of benzene rings is 2. The Labute approximate surface area is 136 Å². The molecule has 0 spiro atoms. The van der Waals surface area contributed by atoms with Gasteiger partial charge in [0, 0.05) is 12.1 Å². The Balaban J connectivity index is 1.84. The van der Waals surface area contributed by atoms with Crippen molar-refractivity contribution < 1.29 is 14.3 Å². The van der Waals surface area contributed by atoms with Gasteiger partial charge in [-0.2, -0.15) is 0 Å². The van der Waals surface area contributed by atoms with Crippen LogP contribution in [0.2, 0.25) is 0 Å². The van der Waals surface area contributed by atoms with Crippen molar-refractivity contribution in [2.75, 3.05) is 7.11 Å². The normalized spacial score (nSPS) is 12.1. The molecule has 2 aromatic carbocycles. The van der Waals surface area contributed by atoms with E-state index in [0.29, 0.717) is 13.0 Å². The molecule has 1 unspecified atom stereocenters. The Morgan fingerprint density at radius 1 is 1.09 bits per heavy atom. The molecule has 0 saturated heterocycles. The first-order valence-corrected chi connectivity index (χ1v) is 7.45. The molecule has 4 heteroatoms. The summed E-state index contributed by atoms with van der Waals surface area (Å²) < 4.78 is 10.3. The second kappa shape index (κ2) is 8.76. The predicted molar refractivity (Wildman–Crippen MR) is 90.1 cm³/mol. The molecule has 0 bridgehead atoms. The molecule has 23 heavy (non-hydrogen) atoms. The molecular formula is C19H21NO3. The fourth-order valence-corrected chi connectivity index (χ4v) is 2.07. The maximum Gasteiger partial charge on any atom is 0.330 e. The van der Waals surface area contributed by atoms with Crippen molar-refractivity contribution >= 4 is 5.97 Å². The summed E-state index contributed by atoms with van der Waals surface area (Å²) in [6.07, 6.45) is 3.64. The first-order chi connectivity index (χ1) is 11.2. The highest BCUT2D eigenvalue weighted by molar-refractivity contribution is 5.81. The highest BCUT2D eigenvalue weighted by atomic mass is 16.5. The Hall–Kier alpha value is -2.59. The van der Waals surface area contributed by atoms with E-state index in [1.807, 2.05) is 54.6 Å². The van der Waals surface area contributed by atoms with Gasteiger partial charge in [0.05, 0.1) is 7.11 Å². The van der Waals surface area contributed by atoms with Crippen LogP contribution in [-0.2, 0) is 22.6 Å². The molecule has 0 saturated carbocycles.